The van der Waals surface area contributed by atoms with Crippen molar-refractivity contribution >= 4 is 17.3 Å². The third-order valence-electron chi connectivity index (χ3n) is 2.52. The van der Waals surface area contributed by atoms with Crippen LogP contribution in [0.5, 0.6) is 0 Å². The van der Waals surface area contributed by atoms with Gasteiger partial charge in [-0.05, 0) is 36.3 Å². The Morgan fingerprint density at radius 3 is 2.39 bits per heavy atom. The lowest BCUT2D eigenvalue weighted by Crippen LogP contribution is -3.06. The van der Waals surface area contributed by atoms with E-state index in [0.717, 1.165) is 31.6 Å². The summed E-state index contributed by atoms with van der Waals surface area (Å²) in [6.45, 7) is 2.65. The van der Waals surface area contributed by atoms with Gasteiger partial charge in [0, 0.05) is 6.54 Å². The second-order valence-corrected chi connectivity index (χ2v) is 4.92. The first kappa shape index (κ1) is 14.9. The quantitative estimate of drug-likeness (QED) is 0.634. The average Bonchev–Trinajstić information content (AvgIpc) is 2.31. The highest BCUT2D eigenvalue weighted by atomic mass is 32.1. The molecule has 0 aliphatic carbocycles. The number of hydrogen-bond donors (Lipinski definition) is 3. The number of hydrogen-bond acceptors (Lipinski definition) is 1. The summed E-state index contributed by atoms with van der Waals surface area (Å²) in [5, 5.41) is 6.96. The number of likely N-dealkylation sites (N-methyl/N-ethyl adjacent to an activating group) is 1. The minimum absolute atomic E-state index is 0.199. The molecule has 100 valence electrons. The minimum atomic E-state index is -0.199. The molecule has 0 fully saturated rings. The van der Waals surface area contributed by atoms with Crippen molar-refractivity contribution in [2.45, 2.75) is 6.42 Å². The lowest BCUT2D eigenvalue weighted by Gasteiger charge is -2.12. The molecule has 0 radical (unpaired) electrons. The summed E-state index contributed by atoms with van der Waals surface area (Å²) >= 11 is 5.15. The molecule has 18 heavy (non-hydrogen) atoms. The van der Waals surface area contributed by atoms with Gasteiger partial charge in [0.15, 0.2) is 5.11 Å². The largest absolute Gasteiger partial charge is 0.362 e. The van der Waals surface area contributed by atoms with Gasteiger partial charge >= 0.3 is 0 Å². The Kier molecular flexibility index (Phi) is 6.60. The SMILES string of the molecule is C[NH+](C)CCNC(=S)NCCc1ccc(F)cc1. The first-order chi connectivity index (χ1) is 8.58. The van der Waals surface area contributed by atoms with Crippen molar-refractivity contribution in [2.75, 3.05) is 33.7 Å². The number of benzene rings is 1. The van der Waals surface area contributed by atoms with Crippen molar-refractivity contribution < 1.29 is 9.29 Å². The van der Waals surface area contributed by atoms with Crippen molar-refractivity contribution in [1.29, 1.82) is 0 Å². The minimum Gasteiger partial charge on any atom is -0.362 e. The van der Waals surface area contributed by atoms with Gasteiger partial charge < -0.3 is 15.5 Å². The molecule has 0 aliphatic rings. The van der Waals surface area contributed by atoms with Crippen LogP contribution < -0.4 is 15.5 Å². The van der Waals surface area contributed by atoms with Crippen LogP contribution in [0.1, 0.15) is 5.56 Å². The number of thiocarbonyl (C=S) groups is 1. The van der Waals surface area contributed by atoms with Gasteiger partial charge in [0.25, 0.3) is 0 Å². The van der Waals surface area contributed by atoms with Crippen LogP contribution in [0.25, 0.3) is 0 Å². The summed E-state index contributed by atoms with van der Waals surface area (Å²) in [7, 11) is 4.21. The first-order valence-electron chi connectivity index (χ1n) is 6.13. The second-order valence-electron chi connectivity index (χ2n) is 4.52. The Morgan fingerprint density at radius 1 is 1.17 bits per heavy atom. The third-order valence-corrected chi connectivity index (χ3v) is 2.81. The van der Waals surface area contributed by atoms with Crippen molar-refractivity contribution in [1.82, 2.24) is 10.6 Å². The first-order valence-corrected chi connectivity index (χ1v) is 6.54. The smallest absolute Gasteiger partial charge is 0.166 e. The molecule has 0 atom stereocenters. The van der Waals surface area contributed by atoms with Crippen LogP contribution in [-0.4, -0.2) is 38.8 Å². The topological polar surface area (TPSA) is 28.5 Å². The van der Waals surface area contributed by atoms with Crippen molar-refractivity contribution in [3.05, 3.63) is 35.6 Å². The predicted octanol–water partition coefficient (Wildman–Crippen LogP) is -0.0232. The van der Waals surface area contributed by atoms with E-state index in [0.29, 0.717) is 5.11 Å². The molecule has 5 heteroatoms. The molecule has 1 rings (SSSR count). The summed E-state index contributed by atoms with van der Waals surface area (Å²) in [6.07, 6.45) is 0.834. The van der Waals surface area contributed by atoms with E-state index in [4.69, 9.17) is 12.2 Å². The Bertz CT molecular complexity index is 365. The standard InChI is InChI=1S/C13H20FN3S/c1-17(2)10-9-16-13(18)15-8-7-11-3-5-12(14)6-4-11/h3-6H,7-10H2,1-2H3,(H2,15,16,18)/p+1. The molecule has 3 N–H and O–H groups in total. The van der Waals surface area contributed by atoms with E-state index in [1.54, 1.807) is 12.1 Å². The van der Waals surface area contributed by atoms with Crippen LogP contribution in [0.15, 0.2) is 24.3 Å². The number of quaternary nitrogens is 1. The van der Waals surface area contributed by atoms with Crippen LogP contribution in [0, 0.1) is 5.82 Å². The zero-order valence-corrected chi connectivity index (χ0v) is 11.7. The second kappa shape index (κ2) is 8.00. The van der Waals surface area contributed by atoms with Gasteiger partial charge in [0.2, 0.25) is 0 Å². The molecule has 0 spiro atoms. The van der Waals surface area contributed by atoms with E-state index < -0.39 is 0 Å². The highest BCUT2D eigenvalue weighted by molar-refractivity contribution is 7.80. The van der Waals surface area contributed by atoms with Crippen molar-refractivity contribution in [3.63, 3.8) is 0 Å². The Balaban J connectivity index is 2.13. The molecule has 0 amide bonds. The monoisotopic (exact) mass is 270 g/mol. The van der Waals surface area contributed by atoms with Gasteiger partial charge in [-0.2, -0.15) is 0 Å². The van der Waals surface area contributed by atoms with E-state index in [-0.39, 0.29) is 5.82 Å². The highest BCUT2D eigenvalue weighted by Gasteiger charge is 1.98. The Labute approximate surface area is 113 Å². The van der Waals surface area contributed by atoms with Gasteiger partial charge in [-0.15, -0.1) is 0 Å². The molecule has 0 saturated carbocycles. The Morgan fingerprint density at radius 2 is 1.78 bits per heavy atom. The maximum Gasteiger partial charge on any atom is 0.166 e. The summed E-state index contributed by atoms with van der Waals surface area (Å²) in [5.41, 5.74) is 1.10. The van der Waals surface area contributed by atoms with Crippen LogP contribution in [0.3, 0.4) is 0 Å². The summed E-state index contributed by atoms with van der Waals surface area (Å²) in [4.78, 5) is 1.39. The van der Waals surface area contributed by atoms with Gasteiger partial charge in [-0.3, -0.25) is 0 Å². The van der Waals surface area contributed by atoms with Gasteiger partial charge in [-0.25, -0.2) is 4.39 Å². The van der Waals surface area contributed by atoms with Crippen LogP contribution in [0.4, 0.5) is 4.39 Å². The highest BCUT2D eigenvalue weighted by Crippen LogP contribution is 2.02. The van der Waals surface area contributed by atoms with E-state index in [9.17, 15) is 4.39 Å². The van der Waals surface area contributed by atoms with Crippen molar-refractivity contribution in [2.24, 2.45) is 0 Å². The molecular weight excluding hydrogens is 249 g/mol. The summed E-state index contributed by atoms with van der Waals surface area (Å²) in [5.74, 6) is -0.199. The zero-order valence-electron chi connectivity index (χ0n) is 10.9. The molecule has 0 aromatic heterocycles. The predicted molar refractivity (Wildman–Crippen MR) is 76.4 cm³/mol. The molecule has 0 bridgehead atoms. The van der Waals surface area contributed by atoms with Gasteiger partial charge in [-0.1, -0.05) is 12.1 Å². The normalized spacial score (nSPS) is 10.4. The molecule has 0 unspecified atom stereocenters. The molecule has 0 saturated heterocycles. The van der Waals surface area contributed by atoms with E-state index >= 15 is 0 Å². The number of nitrogens with one attached hydrogen (secondary N) is 3. The maximum absolute atomic E-state index is 12.7. The van der Waals surface area contributed by atoms with Gasteiger partial charge in [0.05, 0.1) is 27.2 Å². The van der Waals surface area contributed by atoms with Crippen LogP contribution >= 0.6 is 12.2 Å². The average molecular weight is 270 g/mol. The number of halogens is 1. The molecular formula is C13H21FN3S+. The summed E-state index contributed by atoms with van der Waals surface area (Å²) in [6, 6.07) is 6.54. The molecule has 0 aliphatic heterocycles. The third kappa shape index (κ3) is 6.51. The lowest BCUT2D eigenvalue weighted by molar-refractivity contribution is -0.856. The lowest BCUT2D eigenvalue weighted by atomic mass is 10.1. The molecule has 1 aromatic carbocycles. The fourth-order valence-corrected chi connectivity index (χ4v) is 1.66. The van der Waals surface area contributed by atoms with Crippen LogP contribution in [-0.2, 0) is 6.42 Å². The van der Waals surface area contributed by atoms with E-state index in [1.165, 1.54) is 17.0 Å². The summed E-state index contributed by atoms with van der Waals surface area (Å²) < 4.78 is 12.7. The zero-order chi connectivity index (χ0) is 13.4. The molecule has 3 nitrogen and oxygen atoms in total. The fourth-order valence-electron chi connectivity index (χ4n) is 1.46. The number of rotatable bonds is 6. The Hall–Kier alpha value is -1.20. The van der Waals surface area contributed by atoms with Gasteiger partial charge in [0.1, 0.15) is 5.82 Å². The van der Waals surface area contributed by atoms with E-state index in [1.807, 2.05) is 0 Å². The van der Waals surface area contributed by atoms with E-state index in [2.05, 4.69) is 24.7 Å². The molecule has 0 heterocycles. The molecule has 1 aromatic rings. The maximum atomic E-state index is 12.7. The van der Waals surface area contributed by atoms with Crippen molar-refractivity contribution in [3.8, 4) is 0 Å². The van der Waals surface area contributed by atoms with Crippen LogP contribution in [0.2, 0.25) is 0 Å². The fraction of sp³-hybridized carbons (Fsp3) is 0.462.